The third kappa shape index (κ3) is 2.28. The highest BCUT2D eigenvalue weighted by atomic mass is 16.2. The number of para-hydroxylation sites is 2. The van der Waals surface area contributed by atoms with Gasteiger partial charge in [-0.3, -0.25) is 9.59 Å². The van der Waals surface area contributed by atoms with Crippen molar-refractivity contribution in [2.24, 2.45) is 5.92 Å². The van der Waals surface area contributed by atoms with Gasteiger partial charge >= 0.3 is 0 Å². The molecule has 23 heavy (non-hydrogen) atoms. The van der Waals surface area contributed by atoms with Crippen LogP contribution < -0.4 is 4.90 Å². The van der Waals surface area contributed by atoms with Gasteiger partial charge in [0.1, 0.15) is 5.52 Å². The molecule has 1 amide bonds. The number of benzene rings is 2. The molecule has 1 aliphatic rings. The summed E-state index contributed by atoms with van der Waals surface area (Å²) in [5.74, 6) is -0.641. The number of amides is 1. The molecule has 1 saturated heterocycles. The van der Waals surface area contributed by atoms with Gasteiger partial charge in [-0.1, -0.05) is 35.5 Å². The molecule has 1 fully saturated rings. The van der Waals surface area contributed by atoms with E-state index in [1.807, 2.05) is 48.5 Å². The second kappa shape index (κ2) is 5.31. The summed E-state index contributed by atoms with van der Waals surface area (Å²) in [5, 5.41) is 7.95. The van der Waals surface area contributed by atoms with Crippen molar-refractivity contribution in [3.8, 4) is 0 Å². The highest BCUT2D eigenvalue weighted by Gasteiger charge is 2.36. The Hall–Kier alpha value is -3.02. The van der Waals surface area contributed by atoms with Gasteiger partial charge in [0.05, 0.1) is 11.4 Å². The maximum Gasteiger partial charge on any atom is 0.254 e. The Balaban J connectivity index is 1.62. The van der Waals surface area contributed by atoms with Crippen LogP contribution in [-0.2, 0) is 4.79 Å². The van der Waals surface area contributed by atoms with E-state index < -0.39 is 5.92 Å². The van der Waals surface area contributed by atoms with Gasteiger partial charge in [-0.2, -0.15) is 4.68 Å². The number of hydrogen-bond donors (Lipinski definition) is 0. The van der Waals surface area contributed by atoms with Crippen molar-refractivity contribution in [3.05, 3.63) is 54.6 Å². The monoisotopic (exact) mass is 306 g/mol. The third-order valence-corrected chi connectivity index (χ3v) is 4.10. The molecule has 0 aliphatic carbocycles. The van der Waals surface area contributed by atoms with E-state index in [0.29, 0.717) is 17.6 Å². The van der Waals surface area contributed by atoms with Crippen molar-refractivity contribution in [1.29, 1.82) is 0 Å². The van der Waals surface area contributed by atoms with Crippen molar-refractivity contribution >= 4 is 28.5 Å². The van der Waals surface area contributed by atoms with Gasteiger partial charge in [-0.15, -0.1) is 5.10 Å². The summed E-state index contributed by atoms with van der Waals surface area (Å²) in [6.45, 7) is 0.371. The average Bonchev–Trinajstić information content (AvgIpc) is 3.19. The molecule has 6 nitrogen and oxygen atoms in total. The molecule has 1 aliphatic heterocycles. The molecule has 1 atom stereocenters. The smallest absolute Gasteiger partial charge is 0.254 e. The molecule has 0 saturated carbocycles. The normalized spacial score (nSPS) is 17.8. The van der Waals surface area contributed by atoms with Crippen LogP contribution in [0.25, 0.3) is 11.0 Å². The lowest BCUT2D eigenvalue weighted by molar-refractivity contribution is -0.117. The summed E-state index contributed by atoms with van der Waals surface area (Å²) in [7, 11) is 0. The molecule has 1 aromatic heterocycles. The quantitative estimate of drug-likeness (QED) is 0.727. The Kier molecular flexibility index (Phi) is 3.15. The van der Waals surface area contributed by atoms with Crippen molar-refractivity contribution in [3.63, 3.8) is 0 Å². The number of carbonyl (C=O) groups is 2. The summed E-state index contributed by atoms with van der Waals surface area (Å²) in [5.41, 5.74) is 2.16. The Bertz CT molecular complexity index is 888. The van der Waals surface area contributed by atoms with Gasteiger partial charge in [-0.25, -0.2) is 0 Å². The van der Waals surface area contributed by atoms with E-state index in [2.05, 4.69) is 10.3 Å². The van der Waals surface area contributed by atoms with E-state index in [0.717, 1.165) is 5.69 Å². The second-order valence-electron chi connectivity index (χ2n) is 5.57. The maximum atomic E-state index is 12.7. The van der Waals surface area contributed by atoms with E-state index in [9.17, 15) is 9.59 Å². The first-order valence-electron chi connectivity index (χ1n) is 7.44. The minimum atomic E-state index is -0.409. The lowest BCUT2D eigenvalue weighted by Crippen LogP contribution is -2.28. The van der Waals surface area contributed by atoms with E-state index in [1.54, 1.807) is 11.0 Å². The van der Waals surface area contributed by atoms with Gasteiger partial charge in [0.25, 0.3) is 5.91 Å². The summed E-state index contributed by atoms with van der Waals surface area (Å²) in [6.07, 6.45) is 0.196. The highest BCUT2D eigenvalue weighted by Crippen LogP contribution is 2.26. The van der Waals surface area contributed by atoms with Crippen LogP contribution in [0.4, 0.5) is 5.69 Å². The number of aromatic nitrogens is 3. The topological polar surface area (TPSA) is 68.1 Å². The molecule has 3 aromatic rings. The molecule has 0 bridgehead atoms. The number of carbonyl (C=O) groups excluding carboxylic acids is 2. The zero-order chi connectivity index (χ0) is 15.8. The van der Waals surface area contributed by atoms with Crippen molar-refractivity contribution in [2.75, 3.05) is 11.4 Å². The second-order valence-corrected chi connectivity index (χ2v) is 5.57. The van der Waals surface area contributed by atoms with Gasteiger partial charge in [-0.05, 0) is 24.3 Å². The zero-order valence-electron chi connectivity index (χ0n) is 12.3. The number of nitrogens with zero attached hydrogens (tertiary/aromatic N) is 4. The number of fused-ring (bicyclic) bond motifs is 1. The first kappa shape index (κ1) is 13.6. The van der Waals surface area contributed by atoms with E-state index in [-0.39, 0.29) is 18.2 Å². The van der Waals surface area contributed by atoms with Crippen LogP contribution in [0.3, 0.4) is 0 Å². The Morgan fingerprint density at radius 1 is 1.04 bits per heavy atom. The summed E-state index contributed by atoms with van der Waals surface area (Å²) >= 11 is 0. The average molecular weight is 306 g/mol. The molecule has 4 rings (SSSR count). The lowest BCUT2D eigenvalue weighted by Gasteiger charge is -2.16. The fourth-order valence-electron chi connectivity index (χ4n) is 2.94. The maximum absolute atomic E-state index is 12.7. The molecule has 0 radical (unpaired) electrons. The van der Waals surface area contributed by atoms with Crippen LogP contribution in [0.15, 0.2) is 54.6 Å². The summed E-state index contributed by atoms with van der Waals surface area (Å²) in [6, 6.07) is 16.7. The molecule has 0 N–H and O–H groups in total. The summed E-state index contributed by atoms with van der Waals surface area (Å²) in [4.78, 5) is 26.6. The largest absolute Gasteiger partial charge is 0.312 e. The predicted molar refractivity (Wildman–Crippen MR) is 85.1 cm³/mol. The fourth-order valence-corrected chi connectivity index (χ4v) is 2.94. The molecule has 6 heteroatoms. The zero-order valence-corrected chi connectivity index (χ0v) is 12.3. The van der Waals surface area contributed by atoms with Crippen LogP contribution >= 0.6 is 0 Å². The van der Waals surface area contributed by atoms with Crippen molar-refractivity contribution in [2.45, 2.75) is 6.42 Å². The fraction of sp³-hybridized carbons (Fsp3) is 0.176. The minimum Gasteiger partial charge on any atom is -0.312 e. The van der Waals surface area contributed by atoms with Crippen LogP contribution in [0.2, 0.25) is 0 Å². The lowest BCUT2D eigenvalue weighted by atomic mass is 10.1. The van der Waals surface area contributed by atoms with Gasteiger partial charge in [0, 0.05) is 18.7 Å². The van der Waals surface area contributed by atoms with Gasteiger partial charge < -0.3 is 4.90 Å². The van der Waals surface area contributed by atoms with Crippen LogP contribution in [0, 0.1) is 5.92 Å². The predicted octanol–water partition coefficient (Wildman–Crippen LogP) is 2.12. The van der Waals surface area contributed by atoms with Crippen LogP contribution in [-0.4, -0.2) is 33.4 Å². The van der Waals surface area contributed by atoms with Crippen LogP contribution in [0.1, 0.15) is 11.2 Å². The molecule has 0 spiro atoms. The van der Waals surface area contributed by atoms with E-state index in [4.69, 9.17) is 0 Å². The summed E-state index contributed by atoms with van der Waals surface area (Å²) < 4.78 is 1.31. The van der Waals surface area contributed by atoms with Crippen molar-refractivity contribution < 1.29 is 9.59 Å². The number of hydrogen-bond acceptors (Lipinski definition) is 4. The first-order valence-corrected chi connectivity index (χ1v) is 7.44. The Morgan fingerprint density at radius 3 is 2.61 bits per heavy atom. The molecular formula is C17H14N4O2. The van der Waals surface area contributed by atoms with Crippen LogP contribution in [0.5, 0.6) is 0 Å². The third-order valence-electron chi connectivity index (χ3n) is 4.10. The minimum absolute atomic E-state index is 0.0426. The Morgan fingerprint density at radius 2 is 1.78 bits per heavy atom. The van der Waals surface area contributed by atoms with Crippen molar-refractivity contribution in [1.82, 2.24) is 15.0 Å². The SMILES string of the molecule is O=C1C[C@H](C(=O)n2nnc3ccccc32)CN1c1ccccc1. The molecule has 2 heterocycles. The van der Waals surface area contributed by atoms with E-state index in [1.165, 1.54) is 4.68 Å². The highest BCUT2D eigenvalue weighted by molar-refractivity contribution is 6.01. The molecular weight excluding hydrogens is 292 g/mol. The van der Waals surface area contributed by atoms with Gasteiger partial charge in [0.2, 0.25) is 5.91 Å². The first-order chi connectivity index (χ1) is 11.2. The number of anilines is 1. The molecule has 2 aromatic carbocycles. The molecule has 114 valence electrons. The standard InChI is InChI=1S/C17H14N4O2/c22-16-10-12(11-20(16)13-6-2-1-3-7-13)17(23)21-15-9-5-4-8-14(15)18-19-21/h1-9,12H,10-11H2/t12-/m0/s1. The molecule has 0 unspecified atom stereocenters. The van der Waals surface area contributed by atoms with E-state index >= 15 is 0 Å². The Labute approximate surface area is 132 Å². The number of rotatable bonds is 2. The van der Waals surface area contributed by atoms with Gasteiger partial charge in [0.15, 0.2) is 0 Å².